The first-order chi connectivity index (χ1) is 16.5. The summed E-state index contributed by atoms with van der Waals surface area (Å²) in [6, 6.07) is 23.6. The van der Waals surface area contributed by atoms with E-state index in [0.717, 1.165) is 41.1 Å². The van der Waals surface area contributed by atoms with E-state index in [9.17, 15) is 0 Å². The van der Waals surface area contributed by atoms with Gasteiger partial charge in [0.25, 0.3) is 0 Å². The number of fused-ring (bicyclic) bond motifs is 1. The van der Waals surface area contributed by atoms with Gasteiger partial charge in [-0.2, -0.15) is 0 Å². The minimum atomic E-state index is 0.289. The largest absolute Gasteiger partial charge is 0.380 e. The molecular weight excluding hydrogens is 416 g/mol. The molecule has 2 aromatic heterocycles. The van der Waals surface area contributed by atoms with Crippen LogP contribution in [0.1, 0.15) is 40.2 Å². The van der Waals surface area contributed by atoms with Gasteiger partial charge in [-0.25, -0.2) is 0 Å². The highest BCUT2D eigenvalue weighted by Crippen LogP contribution is 2.26. The number of benzene rings is 2. The van der Waals surface area contributed by atoms with Gasteiger partial charge in [-0.05, 0) is 60.9 Å². The van der Waals surface area contributed by atoms with Crippen LogP contribution in [0, 0.1) is 5.92 Å². The van der Waals surface area contributed by atoms with Gasteiger partial charge in [0.15, 0.2) is 0 Å². The summed E-state index contributed by atoms with van der Waals surface area (Å²) in [4.78, 5) is 10.0. The zero-order valence-corrected chi connectivity index (χ0v) is 21.2. The SMILES string of the molecule is C=C(NC(CN(CC)c1ccccc1)C(C)C)c1ccc2[nH]c(-c3ccncc3)cc2c1.CC. The predicted molar refractivity (Wildman–Crippen MR) is 148 cm³/mol. The zero-order valence-electron chi connectivity index (χ0n) is 21.2. The van der Waals surface area contributed by atoms with Gasteiger partial charge in [-0.1, -0.05) is 58.5 Å². The lowest BCUT2D eigenvalue weighted by molar-refractivity contribution is 0.444. The van der Waals surface area contributed by atoms with Gasteiger partial charge in [0.05, 0.1) is 0 Å². The molecule has 2 heterocycles. The third kappa shape index (κ3) is 6.07. The molecule has 0 spiro atoms. The summed E-state index contributed by atoms with van der Waals surface area (Å²) >= 11 is 0. The lowest BCUT2D eigenvalue weighted by Crippen LogP contribution is -2.43. The van der Waals surface area contributed by atoms with E-state index in [-0.39, 0.29) is 6.04 Å². The molecule has 0 radical (unpaired) electrons. The third-order valence-electron chi connectivity index (χ3n) is 6.05. The van der Waals surface area contributed by atoms with Crippen molar-refractivity contribution in [1.82, 2.24) is 15.3 Å². The number of para-hydroxylation sites is 1. The summed E-state index contributed by atoms with van der Waals surface area (Å²) in [7, 11) is 0. The van der Waals surface area contributed by atoms with E-state index in [0.29, 0.717) is 5.92 Å². The molecule has 2 N–H and O–H groups in total. The molecular formula is C30H38N4. The Balaban J connectivity index is 0.00000158. The predicted octanol–water partition coefficient (Wildman–Crippen LogP) is 7.37. The fourth-order valence-electron chi connectivity index (χ4n) is 4.03. The highest BCUT2D eigenvalue weighted by molar-refractivity contribution is 5.88. The average molecular weight is 455 g/mol. The van der Waals surface area contributed by atoms with E-state index in [1.807, 2.05) is 38.4 Å². The first kappa shape index (κ1) is 25.1. The maximum Gasteiger partial charge on any atom is 0.0465 e. The van der Waals surface area contributed by atoms with Gasteiger partial charge in [-0.15, -0.1) is 0 Å². The molecule has 34 heavy (non-hydrogen) atoms. The van der Waals surface area contributed by atoms with Crippen LogP contribution >= 0.6 is 0 Å². The molecule has 178 valence electrons. The van der Waals surface area contributed by atoms with Crippen molar-refractivity contribution in [3.63, 3.8) is 0 Å². The van der Waals surface area contributed by atoms with E-state index < -0.39 is 0 Å². The number of aromatic amines is 1. The standard InChI is InChI=1S/C28H32N4.C2H6/c1-5-32(25-9-7-6-8-10-25)19-28(20(2)3)30-21(4)23-11-12-26-24(17-23)18-27(31-26)22-13-15-29-16-14-22;1-2/h6-18,20,28,30-31H,4-5,19H2,1-3H3;1-2H3. The molecule has 4 aromatic rings. The van der Waals surface area contributed by atoms with Crippen LogP contribution < -0.4 is 10.2 Å². The monoisotopic (exact) mass is 454 g/mol. The van der Waals surface area contributed by atoms with E-state index in [1.165, 1.54) is 11.1 Å². The Morgan fingerprint density at radius 2 is 1.71 bits per heavy atom. The third-order valence-corrected chi connectivity index (χ3v) is 6.05. The van der Waals surface area contributed by atoms with Gasteiger partial charge in [0.2, 0.25) is 0 Å². The Hall–Kier alpha value is -3.53. The van der Waals surface area contributed by atoms with Crippen molar-refractivity contribution in [3.05, 3.63) is 91.3 Å². The average Bonchev–Trinajstić information content (AvgIpc) is 3.32. The number of nitrogens with one attached hydrogen (secondary N) is 2. The van der Waals surface area contributed by atoms with Crippen LogP contribution in [-0.2, 0) is 0 Å². The highest BCUT2D eigenvalue weighted by Gasteiger charge is 2.18. The van der Waals surface area contributed by atoms with Gasteiger partial charge in [-0.3, -0.25) is 4.98 Å². The molecule has 0 aliphatic carbocycles. The summed E-state index contributed by atoms with van der Waals surface area (Å²) < 4.78 is 0. The van der Waals surface area contributed by atoms with Crippen molar-refractivity contribution in [2.45, 2.75) is 40.7 Å². The molecule has 4 rings (SSSR count). The van der Waals surface area contributed by atoms with Gasteiger partial charge >= 0.3 is 0 Å². The highest BCUT2D eigenvalue weighted by atomic mass is 15.2. The molecule has 0 amide bonds. The summed E-state index contributed by atoms with van der Waals surface area (Å²) in [5.74, 6) is 0.471. The van der Waals surface area contributed by atoms with Crippen molar-refractivity contribution in [2.75, 3.05) is 18.0 Å². The molecule has 0 fully saturated rings. The quantitative estimate of drug-likeness (QED) is 0.277. The Labute approximate surface area is 204 Å². The summed E-state index contributed by atoms with van der Waals surface area (Å²) in [6.07, 6.45) is 3.64. The van der Waals surface area contributed by atoms with E-state index in [4.69, 9.17) is 0 Å². The smallest absolute Gasteiger partial charge is 0.0465 e. The molecule has 0 saturated carbocycles. The van der Waals surface area contributed by atoms with Crippen molar-refractivity contribution in [2.24, 2.45) is 5.92 Å². The first-order valence-corrected chi connectivity index (χ1v) is 12.3. The van der Waals surface area contributed by atoms with Crippen LogP contribution in [0.5, 0.6) is 0 Å². The fraction of sp³-hybridized carbons (Fsp3) is 0.300. The molecule has 4 nitrogen and oxygen atoms in total. The normalized spacial score (nSPS) is 11.6. The minimum Gasteiger partial charge on any atom is -0.380 e. The van der Waals surface area contributed by atoms with Crippen LogP contribution in [-0.4, -0.2) is 29.1 Å². The Morgan fingerprint density at radius 1 is 1.00 bits per heavy atom. The number of pyridine rings is 1. The summed E-state index contributed by atoms with van der Waals surface area (Å²) in [6.45, 7) is 17.0. The van der Waals surface area contributed by atoms with E-state index >= 15 is 0 Å². The second kappa shape index (κ2) is 12.1. The van der Waals surface area contributed by atoms with Crippen LogP contribution in [0.3, 0.4) is 0 Å². The maximum absolute atomic E-state index is 4.38. The number of anilines is 1. The number of nitrogens with zero attached hydrogens (tertiary/aromatic N) is 2. The second-order valence-corrected chi connectivity index (χ2v) is 8.57. The Kier molecular flexibility index (Phi) is 8.92. The molecule has 0 bridgehead atoms. The lowest BCUT2D eigenvalue weighted by Gasteiger charge is -2.32. The summed E-state index contributed by atoms with van der Waals surface area (Å²) in [5, 5.41) is 4.89. The first-order valence-electron chi connectivity index (χ1n) is 12.3. The summed E-state index contributed by atoms with van der Waals surface area (Å²) in [5.41, 5.74) is 6.68. The van der Waals surface area contributed by atoms with Crippen LogP contribution in [0.4, 0.5) is 5.69 Å². The van der Waals surface area contributed by atoms with Crippen molar-refractivity contribution < 1.29 is 0 Å². The number of H-pyrrole nitrogens is 1. The fourth-order valence-corrected chi connectivity index (χ4v) is 4.03. The molecule has 1 atom stereocenters. The molecule has 1 unspecified atom stereocenters. The molecule has 0 saturated heterocycles. The zero-order chi connectivity index (χ0) is 24.5. The van der Waals surface area contributed by atoms with Crippen LogP contribution in [0.25, 0.3) is 27.9 Å². The molecule has 0 aliphatic heterocycles. The van der Waals surface area contributed by atoms with Crippen molar-refractivity contribution in [1.29, 1.82) is 0 Å². The number of likely N-dealkylation sites (N-methyl/N-ethyl adjacent to an activating group) is 1. The number of aromatic nitrogens is 2. The van der Waals surface area contributed by atoms with Crippen molar-refractivity contribution in [3.8, 4) is 11.3 Å². The number of hydrogen-bond acceptors (Lipinski definition) is 3. The minimum absolute atomic E-state index is 0.289. The maximum atomic E-state index is 4.38. The molecule has 4 heteroatoms. The molecule has 0 aliphatic rings. The topological polar surface area (TPSA) is 44.0 Å². The number of rotatable bonds is 9. The Bertz CT molecular complexity index is 1160. The molecule has 2 aromatic carbocycles. The van der Waals surface area contributed by atoms with E-state index in [2.05, 4.69) is 102 Å². The number of hydrogen-bond donors (Lipinski definition) is 2. The lowest BCUT2D eigenvalue weighted by atomic mass is 10.0. The van der Waals surface area contributed by atoms with Gasteiger partial charge in [0, 0.05) is 65.1 Å². The van der Waals surface area contributed by atoms with E-state index in [1.54, 1.807) is 0 Å². The van der Waals surface area contributed by atoms with Crippen LogP contribution in [0.2, 0.25) is 0 Å². The van der Waals surface area contributed by atoms with Gasteiger partial charge < -0.3 is 15.2 Å². The van der Waals surface area contributed by atoms with Gasteiger partial charge in [0.1, 0.15) is 0 Å². The Morgan fingerprint density at radius 3 is 2.35 bits per heavy atom. The van der Waals surface area contributed by atoms with Crippen LogP contribution in [0.15, 0.2) is 85.7 Å². The van der Waals surface area contributed by atoms with Crippen molar-refractivity contribution >= 4 is 22.3 Å². The second-order valence-electron chi connectivity index (χ2n) is 8.57.